The van der Waals surface area contributed by atoms with E-state index in [0.717, 1.165) is 16.5 Å². The number of carbonyl (C=O) groups excluding carboxylic acids is 1. The highest BCUT2D eigenvalue weighted by Gasteiger charge is 2.06. The van der Waals surface area contributed by atoms with Crippen LogP contribution in [-0.2, 0) is 23.1 Å². The van der Waals surface area contributed by atoms with Gasteiger partial charge in [-0.05, 0) is 22.8 Å². The highest BCUT2D eigenvalue weighted by Crippen LogP contribution is 2.15. The van der Waals surface area contributed by atoms with Crippen LogP contribution in [-0.4, -0.2) is 5.91 Å². The Labute approximate surface area is 132 Å². The zero-order valence-corrected chi connectivity index (χ0v) is 13.2. The van der Waals surface area contributed by atoms with Gasteiger partial charge in [-0.3, -0.25) is 4.79 Å². The van der Waals surface area contributed by atoms with Crippen LogP contribution in [0.5, 0.6) is 0 Å². The zero-order chi connectivity index (χ0) is 14.4. The van der Waals surface area contributed by atoms with Crippen molar-refractivity contribution in [2.24, 2.45) is 0 Å². The summed E-state index contributed by atoms with van der Waals surface area (Å²) >= 11 is 9.44. The van der Waals surface area contributed by atoms with Crippen LogP contribution in [0.3, 0.4) is 0 Å². The van der Waals surface area contributed by atoms with Crippen molar-refractivity contribution in [3.63, 3.8) is 0 Å². The summed E-state index contributed by atoms with van der Waals surface area (Å²) in [7, 11) is 0. The summed E-state index contributed by atoms with van der Waals surface area (Å²) in [6, 6.07) is 15.5. The molecule has 0 aromatic heterocycles. The average molecular weight is 353 g/mol. The molecule has 20 heavy (non-hydrogen) atoms. The van der Waals surface area contributed by atoms with Gasteiger partial charge in [0.25, 0.3) is 0 Å². The van der Waals surface area contributed by atoms with Crippen molar-refractivity contribution in [3.05, 3.63) is 70.2 Å². The Hall–Kier alpha value is -1.32. The summed E-state index contributed by atoms with van der Waals surface area (Å²) in [5, 5.41) is 4.37. The van der Waals surface area contributed by atoms with Crippen LogP contribution >= 0.6 is 27.5 Å². The minimum Gasteiger partial charge on any atom is -0.352 e. The van der Waals surface area contributed by atoms with E-state index in [2.05, 4.69) is 21.2 Å². The SMILES string of the molecule is O=C(Cc1ccccc1Cl)NCc1ccc(CBr)cc1. The molecule has 0 aliphatic carbocycles. The Morgan fingerprint density at radius 2 is 1.70 bits per heavy atom. The lowest BCUT2D eigenvalue weighted by Crippen LogP contribution is -2.24. The zero-order valence-electron chi connectivity index (χ0n) is 10.9. The molecular formula is C16H15BrClNO. The van der Waals surface area contributed by atoms with Crippen LogP contribution < -0.4 is 5.32 Å². The Balaban J connectivity index is 1.87. The first-order valence-electron chi connectivity index (χ1n) is 6.33. The Morgan fingerprint density at radius 1 is 1.05 bits per heavy atom. The molecule has 1 amide bonds. The first-order chi connectivity index (χ1) is 9.69. The molecule has 0 aliphatic heterocycles. The fraction of sp³-hybridized carbons (Fsp3) is 0.188. The van der Waals surface area contributed by atoms with Crippen molar-refractivity contribution in [1.82, 2.24) is 5.32 Å². The fourth-order valence-corrected chi connectivity index (χ4v) is 2.40. The van der Waals surface area contributed by atoms with E-state index >= 15 is 0 Å². The van der Waals surface area contributed by atoms with E-state index in [-0.39, 0.29) is 5.91 Å². The molecular weight excluding hydrogens is 338 g/mol. The summed E-state index contributed by atoms with van der Waals surface area (Å²) in [4.78, 5) is 11.9. The fourth-order valence-electron chi connectivity index (χ4n) is 1.82. The third-order valence-electron chi connectivity index (χ3n) is 2.98. The van der Waals surface area contributed by atoms with Gasteiger partial charge in [-0.15, -0.1) is 0 Å². The van der Waals surface area contributed by atoms with Crippen LogP contribution in [0, 0.1) is 0 Å². The van der Waals surface area contributed by atoms with Crippen molar-refractivity contribution < 1.29 is 4.79 Å². The third-order valence-corrected chi connectivity index (χ3v) is 3.99. The minimum absolute atomic E-state index is 0.0253. The smallest absolute Gasteiger partial charge is 0.224 e. The van der Waals surface area contributed by atoms with Crippen LogP contribution in [0.4, 0.5) is 0 Å². The standard InChI is InChI=1S/C16H15BrClNO/c17-10-12-5-7-13(8-6-12)11-19-16(20)9-14-3-1-2-4-15(14)18/h1-8H,9-11H2,(H,19,20). The van der Waals surface area contributed by atoms with E-state index in [1.807, 2.05) is 42.5 Å². The number of hydrogen-bond acceptors (Lipinski definition) is 1. The lowest BCUT2D eigenvalue weighted by molar-refractivity contribution is -0.120. The van der Waals surface area contributed by atoms with Gasteiger partial charge in [-0.25, -0.2) is 0 Å². The van der Waals surface area contributed by atoms with Crippen molar-refractivity contribution >= 4 is 33.4 Å². The Morgan fingerprint density at radius 3 is 2.35 bits per heavy atom. The lowest BCUT2D eigenvalue weighted by Gasteiger charge is -2.07. The third kappa shape index (κ3) is 4.36. The van der Waals surface area contributed by atoms with Crippen LogP contribution in [0.2, 0.25) is 5.02 Å². The van der Waals surface area contributed by atoms with Gasteiger partial charge in [0.15, 0.2) is 0 Å². The highest BCUT2D eigenvalue weighted by atomic mass is 79.9. The molecule has 0 saturated heterocycles. The van der Waals surface area contributed by atoms with Gasteiger partial charge < -0.3 is 5.32 Å². The second-order valence-electron chi connectivity index (χ2n) is 4.50. The molecule has 104 valence electrons. The van der Waals surface area contributed by atoms with E-state index in [0.29, 0.717) is 18.0 Å². The predicted molar refractivity (Wildman–Crippen MR) is 86.1 cm³/mol. The summed E-state index contributed by atoms with van der Waals surface area (Å²) < 4.78 is 0. The maximum Gasteiger partial charge on any atom is 0.224 e. The number of rotatable bonds is 5. The van der Waals surface area contributed by atoms with E-state index in [1.165, 1.54) is 5.56 Å². The largest absolute Gasteiger partial charge is 0.352 e. The molecule has 0 bridgehead atoms. The quantitative estimate of drug-likeness (QED) is 0.807. The van der Waals surface area contributed by atoms with Crippen molar-refractivity contribution in [3.8, 4) is 0 Å². The predicted octanol–water partition coefficient (Wildman–Crippen LogP) is 4.09. The molecule has 0 aliphatic rings. The molecule has 0 unspecified atom stereocenters. The molecule has 2 rings (SSSR count). The molecule has 2 aromatic rings. The molecule has 2 aromatic carbocycles. The van der Waals surface area contributed by atoms with Gasteiger partial charge in [0.1, 0.15) is 0 Å². The van der Waals surface area contributed by atoms with Gasteiger partial charge >= 0.3 is 0 Å². The normalized spacial score (nSPS) is 10.3. The maximum atomic E-state index is 11.9. The molecule has 0 radical (unpaired) electrons. The molecule has 0 fully saturated rings. The number of amides is 1. The van der Waals surface area contributed by atoms with Gasteiger partial charge in [-0.2, -0.15) is 0 Å². The number of halogens is 2. The van der Waals surface area contributed by atoms with Crippen LogP contribution in [0.25, 0.3) is 0 Å². The molecule has 0 atom stereocenters. The van der Waals surface area contributed by atoms with Crippen molar-refractivity contribution in [2.45, 2.75) is 18.3 Å². The molecule has 1 N–H and O–H groups in total. The van der Waals surface area contributed by atoms with E-state index in [1.54, 1.807) is 6.07 Å². The lowest BCUT2D eigenvalue weighted by atomic mass is 10.1. The Kier molecular flexibility index (Phi) is 5.62. The van der Waals surface area contributed by atoms with Crippen molar-refractivity contribution in [2.75, 3.05) is 0 Å². The molecule has 0 heterocycles. The van der Waals surface area contributed by atoms with Gasteiger partial charge in [-0.1, -0.05) is 70.0 Å². The summed E-state index contributed by atoms with van der Waals surface area (Å²) in [6.45, 7) is 0.534. The average Bonchev–Trinajstić information content (AvgIpc) is 2.48. The summed E-state index contributed by atoms with van der Waals surface area (Å²) in [6.07, 6.45) is 0.305. The second-order valence-corrected chi connectivity index (χ2v) is 5.46. The number of benzene rings is 2. The van der Waals surface area contributed by atoms with Gasteiger partial charge in [0, 0.05) is 16.9 Å². The molecule has 0 spiro atoms. The van der Waals surface area contributed by atoms with Crippen molar-refractivity contribution in [1.29, 1.82) is 0 Å². The summed E-state index contributed by atoms with van der Waals surface area (Å²) in [5.41, 5.74) is 3.15. The Bertz CT molecular complexity index is 583. The molecule has 2 nitrogen and oxygen atoms in total. The number of alkyl halides is 1. The van der Waals surface area contributed by atoms with E-state index < -0.39 is 0 Å². The van der Waals surface area contributed by atoms with E-state index in [4.69, 9.17) is 11.6 Å². The number of carbonyl (C=O) groups is 1. The maximum absolute atomic E-state index is 11.9. The van der Waals surface area contributed by atoms with Gasteiger partial charge in [0.05, 0.1) is 6.42 Å². The topological polar surface area (TPSA) is 29.1 Å². The molecule has 4 heteroatoms. The van der Waals surface area contributed by atoms with Gasteiger partial charge in [0.2, 0.25) is 5.91 Å². The number of hydrogen-bond donors (Lipinski definition) is 1. The highest BCUT2D eigenvalue weighted by molar-refractivity contribution is 9.08. The number of nitrogens with one attached hydrogen (secondary N) is 1. The van der Waals surface area contributed by atoms with Crippen LogP contribution in [0.1, 0.15) is 16.7 Å². The monoisotopic (exact) mass is 351 g/mol. The van der Waals surface area contributed by atoms with Crippen LogP contribution in [0.15, 0.2) is 48.5 Å². The first-order valence-corrected chi connectivity index (χ1v) is 7.83. The second kappa shape index (κ2) is 7.46. The van der Waals surface area contributed by atoms with E-state index in [9.17, 15) is 4.79 Å². The first kappa shape index (κ1) is 15.1. The molecule has 0 saturated carbocycles. The summed E-state index contributed by atoms with van der Waals surface area (Å²) in [5.74, 6) is -0.0253. The minimum atomic E-state index is -0.0253.